The van der Waals surface area contributed by atoms with Crippen LogP contribution in [-0.4, -0.2) is 45.9 Å². The van der Waals surface area contributed by atoms with E-state index in [1.54, 1.807) is 18.2 Å². The second-order valence-corrected chi connectivity index (χ2v) is 10.1. The highest BCUT2D eigenvalue weighted by Crippen LogP contribution is 2.40. The second-order valence-electron chi connectivity index (χ2n) is 8.15. The lowest BCUT2D eigenvalue weighted by Crippen LogP contribution is -2.42. The van der Waals surface area contributed by atoms with E-state index in [4.69, 9.17) is 0 Å². The van der Waals surface area contributed by atoms with E-state index < -0.39 is 39.5 Å². The van der Waals surface area contributed by atoms with Crippen LogP contribution in [0.3, 0.4) is 0 Å². The van der Waals surface area contributed by atoms with E-state index in [1.165, 1.54) is 37.3 Å². The molecule has 2 aromatic heterocycles. The number of hydrogen-bond acceptors (Lipinski definition) is 6. The molecule has 0 bridgehead atoms. The molecular formula is C23H20F4N4O3S. The Hall–Kier alpha value is -3.38. The Morgan fingerprint density at radius 2 is 1.74 bits per heavy atom. The fourth-order valence-electron chi connectivity index (χ4n) is 3.69. The average Bonchev–Trinajstić information content (AvgIpc) is 3.25. The smallest absolute Gasteiger partial charge is 0.375 e. The number of nitrogens with zero attached hydrogens (tertiary/aromatic N) is 4. The first-order valence-electron chi connectivity index (χ1n) is 10.4. The monoisotopic (exact) mass is 508 g/mol. The molecule has 0 aliphatic heterocycles. The van der Waals surface area contributed by atoms with Crippen molar-refractivity contribution in [3.8, 4) is 11.1 Å². The Morgan fingerprint density at radius 3 is 2.34 bits per heavy atom. The second kappa shape index (κ2) is 8.68. The molecule has 0 spiro atoms. The maximum absolute atomic E-state index is 13.4. The predicted octanol–water partition coefficient (Wildman–Crippen LogP) is 4.24. The summed E-state index contributed by atoms with van der Waals surface area (Å²) < 4.78 is 79.0. The predicted molar refractivity (Wildman–Crippen MR) is 120 cm³/mol. The lowest BCUT2D eigenvalue weighted by atomic mass is 9.96. The molecule has 7 nitrogen and oxygen atoms in total. The molecule has 0 amide bonds. The summed E-state index contributed by atoms with van der Waals surface area (Å²) in [5.41, 5.74) is -1.74. The molecule has 184 valence electrons. The normalized spacial score (nSPS) is 14.3. The van der Waals surface area contributed by atoms with E-state index in [0.29, 0.717) is 27.6 Å². The SMILES string of the molecule is CC[C@@](O)(c1cn(Cc2ccc3c(-c4ccc(F)cc4)cc(S(C)(=O)=O)nc3c2)nn1)C(F)(F)F. The van der Waals surface area contributed by atoms with Crippen molar-refractivity contribution in [1.29, 1.82) is 0 Å². The summed E-state index contributed by atoms with van der Waals surface area (Å²) in [7, 11) is -3.68. The van der Waals surface area contributed by atoms with E-state index >= 15 is 0 Å². The zero-order valence-corrected chi connectivity index (χ0v) is 19.4. The van der Waals surface area contributed by atoms with Crippen molar-refractivity contribution in [1.82, 2.24) is 20.0 Å². The molecule has 35 heavy (non-hydrogen) atoms. The van der Waals surface area contributed by atoms with Crippen LogP contribution >= 0.6 is 0 Å². The van der Waals surface area contributed by atoms with Gasteiger partial charge in [-0.3, -0.25) is 0 Å². The standard InChI is InChI=1S/C23H20F4N4O3S/c1-3-22(32,23(25,26)27)20-13-31(30-29-20)12-14-4-9-17-18(15-5-7-16(24)8-6-15)11-21(35(2,33)34)28-19(17)10-14/h4-11,13,32H,3,12H2,1-2H3/t22-/m1/s1. The summed E-state index contributed by atoms with van der Waals surface area (Å²) in [4.78, 5) is 4.25. The Morgan fingerprint density at radius 1 is 1.06 bits per heavy atom. The molecule has 1 atom stereocenters. The van der Waals surface area contributed by atoms with Crippen LogP contribution in [0.25, 0.3) is 22.0 Å². The van der Waals surface area contributed by atoms with Gasteiger partial charge in [-0.1, -0.05) is 36.4 Å². The van der Waals surface area contributed by atoms with E-state index in [2.05, 4.69) is 15.3 Å². The van der Waals surface area contributed by atoms with Crippen LogP contribution in [0, 0.1) is 5.82 Å². The molecule has 0 saturated carbocycles. The van der Waals surface area contributed by atoms with Crippen molar-refractivity contribution in [3.05, 3.63) is 71.8 Å². The number of rotatable bonds is 6. The van der Waals surface area contributed by atoms with Crippen LogP contribution < -0.4 is 0 Å². The first-order valence-corrected chi connectivity index (χ1v) is 12.3. The van der Waals surface area contributed by atoms with Gasteiger partial charge in [0.05, 0.1) is 18.3 Å². The van der Waals surface area contributed by atoms with Crippen molar-refractivity contribution >= 4 is 20.7 Å². The van der Waals surface area contributed by atoms with Crippen molar-refractivity contribution in [3.63, 3.8) is 0 Å². The Balaban J connectivity index is 1.76. The number of fused-ring (bicyclic) bond motifs is 1. The van der Waals surface area contributed by atoms with E-state index in [1.807, 2.05) is 0 Å². The third kappa shape index (κ3) is 4.76. The average molecular weight is 508 g/mol. The van der Waals surface area contributed by atoms with Crippen molar-refractivity contribution < 1.29 is 31.1 Å². The molecule has 4 aromatic rings. The van der Waals surface area contributed by atoms with Crippen molar-refractivity contribution in [2.24, 2.45) is 0 Å². The van der Waals surface area contributed by atoms with Gasteiger partial charge in [0.15, 0.2) is 14.9 Å². The minimum atomic E-state index is -4.92. The van der Waals surface area contributed by atoms with Gasteiger partial charge in [-0.15, -0.1) is 5.10 Å². The van der Waals surface area contributed by atoms with Crippen LogP contribution in [0.2, 0.25) is 0 Å². The van der Waals surface area contributed by atoms with Crippen molar-refractivity contribution in [2.75, 3.05) is 6.26 Å². The number of aromatic nitrogens is 4. The highest BCUT2D eigenvalue weighted by Gasteiger charge is 2.55. The van der Waals surface area contributed by atoms with Gasteiger partial charge in [0.1, 0.15) is 11.5 Å². The van der Waals surface area contributed by atoms with Gasteiger partial charge in [0.25, 0.3) is 0 Å². The van der Waals surface area contributed by atoms with Crippen LogP contribution in [0.4, 0.5) is 17.6 Å². The number of halogens is 4. The summed E-state index contributed by atoms with van der Waals surface area (Å²) in [6, 6.07) is 12.0. The zero-order chi connectivity index (χ0) is 25.6. The maximum atomic E-state index is 13.4. The first-order chi connectivity index (χ1) is 16.3. The summed E-state index contributed by atoms with van der Waals surface area (Å²) in [5, 5.41) is 17.7. The van der Waals surface area contributed by atoms with Gasteiger partial charge in [0, 0.05) is 11.6 Å². The number of sulfone groups is 1. The van der Waals surface area contributed by atoms with E-state index in [0.717, 1.165) is 17.1 Å². The molecule has 4 rings (SSSR count). The molecule has 0 saturated heterocycles. The molecule has 0 fully saturated rings. The third-order valence-corrected chi connectivity index (χ3v) is 6.64. The highest BCUT2D eigenvalue weighted by molar-refractivity contribution is 7.90. The molecule has 1 N–H and O–H groups in total. The molecule has 2 aromatic carbocycles. The zero-order valence-electron chi connectivity index (χ0n) is 18.6. The van der Waals surface area contributed by atoms with Gasteiger partial charge >= 0.3 is 6.18 Å². The Labute approximate surface area is 198 Å². The van der Waals surface area contributed by atoms with Gasteiger partial charge < -0.3 is 5.11 Å². The van der Waals surface area contributed by atoms with Gasteiger partial charge in [-0.05, 0) is 47.4 Å². The van der Waals surface area contributed by atoms with Crippen LogP contribution in [-0.2, 0) is 22.0 Å². The van der Waals surface area contributed by atoms with Crippen LogP contribution in [0.1, 0.15) is 24.6 Å². The minimum Gasteiger partial charge on any atom is -0.375 e. The maximum Gasteiger partial charge on any atom is 0.423 e. The molecule has 0 aliphatic carbocycles. The molecule has 0 unspecified atom stereocenters. The van der Waals surface area contributed by atoms with Gasteiger partial charge in [0.2, 0.25) is 5.60 Å². The highest BCUT2D eigenvalue weighted by atomic mass is 32.2. The number of benzene rings is 2. The molecule has 0 aliphatic rings. The lowest BCUT2D eigenvalue weighted by molar-refractivity contribution is -0.269. The molecule has 12 heteroatoms. The molecule has 2 heterocycles. The fraction of sp³-hybridized carbons (Fsp3) is 0.261. The van der Waals surface area contributed by atoms with E-state index in [9.17, 15) is 31.1 Å². The molecular weight excluding hydrogens is 488 g/mol. The summed E-state index contributed by atoms with van der Waals surface area (Å²) in [5.74, 6) is -0.439. The Bertz CT molecular complexity index is 1500. The summed E-state index contributed by atoms with van der Waals surface area (Å²) in [6.07, 6.45) is -3.51. The first kappa shape index (κ1) is 24.7. The molecule has 0 radical (unpaired) electrons. The number of hydrogen-bond donors (Lipinski definition) is 1. The Kier molecular flexibility index (Phi) is 6.14. The quantitative estimate of drug-likeness (QED) is 0.391. The largest absolute Gasteiger partial charge is 0.423 e. The van der Waals surface area contributed by atoms with E-state index in [-0.39, 0.29) is 11.6 Å². The van der Waals surface area contributed by atoms with Crippen LogP contribution in [0.15, 0.2) is 59.8 Å². The minimum absolute atomic E-state index is 0.00272. The number of pyridine rings is 1. The van der Waals surface area contributed by atoms with Gasteiger partial charge in [-0.2, -0.15) is 13.2 Å². The number of aliphatic hydroxyl groups is 1. The summed E-state index contributed by atoms with van der Waals surface area (Å²) >= 11 is 0. The fourth-order valence-corrected chi connectivity index (χ4v) is 4.28. The summed E-state index contributed by atoms with van der Waals surface area (Å²) in [6.45, 7) is 1.19. The van der Waals surface area contributed by atoms with Crippen molar-refractivity contribution in [2.45, 2.75) is 36.7 Å². The van der Waals surface area contributed by atoms with Gasteiger partial charge in [-0.25, -0.2) is 22.5 Å². The van der Waals surface area contributed by atoms with Crippen LogP contribution in [0.5, 0.6) is 0 Å². The number of alkyl halides is 3. The third-order valence-electron chi connectivity index (χ3n) is 5.67. The topological polar surface area (TPSA) is 98.0 Å². The lowest BCUT2D eigenvalue weighted by Gasteiger charge is -2.26.